The predicted molar refractivity (Wildman–Crippen MR) is 91.9 cm³/mol. The van der Waals surface area contributed by atoms with Gasteiger partial charge in [-0.25, -0.2) is 0 Å². The van der Waals surface area contributed by atoms with Gasteiger partial charge < -0.3 is 9.88 Å². The van der Waals surface area contributed by atoms with Crippen molar-refractivity contribution in [2.75, 3.05) is 7.05 Å². The minimum Gasteiger partial charge on any atom is -0.354 e. The smallest absolute Gasteiger partial charge is 0.270 e. The molecule has 0 atom stereocenters. The van der Waals surface area contributed by atoms with Gasteiger partial charge in [0.1, 0.15) is 5.69 Å². The van der Waals surface area contributed by atoms with Crippen LogP contribution in [0.2, 0.25) is 0 Å². The largest absolute Gasteiger partial charge is 0.354 e. The lowest BCUT2D eigenvalue weighted by Crippen LogP contribution is -2.27. The first-order valence-electron chi connectivity index (χ1n) is 7.88. The molecule has 0 unspecified atom stereocenters. The van der Waals surface area contributed by atoms with Crippen LogP contribution in [-0.2, 0) is 13.0 Å². The van der Waals surface area contributed by atoms with Crippen molar-refractivity contribution in [3.63, 3.8) is 0 Å². The number of nitrogens with zero attached hydrogens (tertiary/aromatic N) is 1. The maximum atomic E-state index is 12.8. The molecule has 2 rings (SSSR count). The Morgan fingerprint density at radius 1 is 1.13 bits per heavy atom. The third kappa shape index (κ3) is 3.52. The van der Waals surface area contributed by atoms with E-state index < -0.39 is 0 Å². The Bertz CT molecular complexity index is 727. The van der Waals surface area contributed by atoms with Crippen LogP contribution in [0.4, 0.5) is 0 Å². The maximum absolute atomic E-state index is 12.8. The highest BCUT2D eigenvalue weighted by Gasteiger charge is 2.23. The van der Waals surface area contributed by atoms with Gasteiger partial charge in [0.2, 0.25) is 0 Å². The second kappa shape index (κ2) is 6.82. The maximum Gasteiger partial charge on any atom is 0.270 e. The number of nitrogens with one attached hydrogen (secondary N) is 1. The molecule has 4 nitrogen and oxygen atoms in total. The monoisotopic (exact) mass is 312 g/mol. The first kappa shape index (κ1) is 17.0. The molecule has 1 amide bonds. The molecule has 1 aromatic heterocycles. The predicted octanol–water partition coefficient (Wildman–Crippen LogP) is 3.67. The normalized spacial score (nSPS) is 10.7. The van der Waals surface area contributed by atoms with Crippen molar-refractivity contribution in [2.24, 2.45) is 0 Å². The molecule has 4 heteroatoms. The fourth-order valence-corrected chi connectivity index (χ4v) is 2.92. The molecule has 0 spiro atoms. The zero-order valence-corrected chi connectivity index (χ0v) is 14.5. The Balaban J connectivity index is 2.27. The average Bonchev–Trinajstić information content (AvgIpc) is 2.85. The molecular weight excluding hydrogens is 288 g/mol. The summed E-state index contributed by atoms with van der Waals surface area (Å²) in [5, 5.41) is 0. The van der Waals surface area contributed by atoms with E-state index >= 15 is 0 Å². The van der Waals surface area contributed by atoms with Gasteiger partial charge in [-0.05, 0) is 38.3 Å². The Hall–Kier alpha value is -2.36. The Morgan fingerprint density at radius 3 is 2.26 bits per heavy atom. The fourth-order valence-electron chi connectivity index (χ4n) is 2.92. The number of hydrogen-bond donors (Lipinski definition) is 1. The number of aryl methyl sites for hydroxylation is 2. The van der Waals surface area contributed by atoms with Crippen molar-refractivity contribution in [3.05, 3.63) is 57.9 Å². The minimum atomic E-state index is -0.0852. The highest BCUT2D eigenvalue weighted by molar-refractivity contribution is 6.02. The number of carbonyl (C=O) groups excluding carboxylic acids is 2. The molecule has 0 fully saturated rings. The molecule has 1 N–H and O–H groups in total. The van der Waals surface area contributed by atoms with Gasteiger partial charge >= 0.3 is 0 Å². The van der Waals surface area contributed by atoms with Gasteiger partial charge in [0.15, 0.2) is 5.78 Å². The molecule has 0 aliphatic heterocycles. The van der Waals surface area contributed by atoms with E-state index in [1.807, 2.05) is 45.0 Å². The molecular formula is C19H24N2O2. The summed E-state index contributed by atoms with van der Waals surface area (Å²) in [5.74, 6) is -0.0890. The zero-order chi connectivity index (χ0) is 17.1. The van der Waals surface area contributed by atoms with Gasteiger partial charge in [-0.2, -0.15) is 0 Å². The third-order valence-corrected chi connectivity index (χ3v) is 4.10. The highest BCUT2D eigenvalue weighted by Crippen LogP contribution is 2.22. The summed E-state index contributed by atoms with van der Waals surface area (Å²) in [7, 11) is 1.78. The molecule has 1 aromatic carbocycles. The number of aromatic amines is 1. The summed E-state index contributed by atoms with van der Waals surface area (Å²) in [6, 6.07) is 8.14. The van der Waals surface area contributed by atoms with Crippen LogP contribution in [0.15, 0.2) is 24.3 Å². The van der Waals surface area contributed by atoms with Crippen molar-refractivity contribution >= 4 is 11.7 Å². The lowest BCUT2D eigenvalue weighted by molar-refractivity contribution is 0.0778. The average molecular weight is 312 g/mol. The molecule has 2 aromatic rings. The Morgan fingerprint density at radius 2 is 1.74 bits per heavy atom. The number of rotatable bonds is 5. The summed E-state index contributed by atoms with van der Waals surface area (Å²) >= 11 is 0. The van der Waals surface area contributed by atoms with Crippen LogP contribution >= 0.6 is 0 Å². The molecule has 0 aliphatic rings. The minimum absolute atomic E-state index is 0.00385. The number of hydrogen-bond acceptors (Lipinski definition) is 2. The van der Waals surface area contributed by atoms with E-state index in [0.29, 0.717) is 24.2 Å². The molecule has 0 bridgehead atoms. The van der Waals surface area contributed by atoms with Crippen LogP contribution < -0.4 is 0 Å². The van der Waals surface area contributed by atoms with Crippen LogP contribution in [-0.4, -0.2) is 28.6 Å². The number of Topliss-reactive ketones (excluding diaryl/α,β-unsaturated/α-hetero) is 1. The first-order chi connectivity index (χ1) is 10.8. The van der Waals surface area contributed by atoms with E-state index in [1.54, 1.807) is 18.9 Å². The number of H-pyrrole nitrogens is 1. The first-order valence-corrected chi connectivity index (χ1v) is 7.88. The van der Waals surface area contributed by atoms with Crippen molar-refractivity contribution in [3.8, 4) is 0 Å². The van der Waals surface area contributed by atoms with Gasteiger partial charge in [-0.15, -0.1) is 0 Å². The summed E-state index contributed by atoms with van der Waals surface area (Å²) in [4.78, 5) is 29.4. The number of aromatic nitrogens is 1. The quantitative estimate of drug-likeness (QED) is 0.856. The van der Waals surface area contributed by atoms with E-state index in [9.17, 15) is 9.59 Å². The van der Waals surface area contributed by atoms with Crippen LogP contribution in [0.25, 0.3) is 0 Å². The zero-order valence-electron chi connectivity index (χ0n) is 14.5. The summed E-state index contributed by atoms with van der Waals surface area (Å²) in [5.41, 5.74) is 5.04. The number of ketones is 1. The molecule has 1 heterocycles. The summed E-state index contributed by atoms with van der Waals surface area (Å²) < 4.78 is 0. The van der Waals surface area contributed by atoms with E-state index in [4.69, 9.17) is 0 Å². The topological polar surface area (TPSA) is 53.2 Å². The standard InChI is InChI=1S/C19H24N2O2/c1-6-16-17(14(4)22)13(3)20-18(16)19(23)21(5)11-15-9-7-12(2)8-10-15/h7-10,20H,6,11H2,1-5H3. The molecule has 0 saturated carbocycles. The molecule has 0 saturated heterocycles. The van der Waals surface area contributed by atoms with Crippen molar-refractivity contribution in [1.29, 1.82) is 0 Å². The van der Waals surface area contributed by atoms with Crippen LogP contribution in [0, 0.1) is 13.8 Å². The van der Waals surface area contributed by atoms with Crippen LogP contribution in [0.3, 0.4) is 0 Å². The van der Waals surface area contributed by atoms with Crippen molar-refractivity contribution in [1.82, 2.24) is 9.88 Å². The van der Waals surface area contributed by atoms with E-state index in [2.05, 4.69) is 4.98 Å². The fraction of sp³-hybridized carbons (Fsp3) is 0.368. The number of benzene rings is 1. The Labute approximate surface area is 137 Å². The second-order valence-electron chi connectivity index (χ2n) is 6.04. The second-order valence-corrected chi connectivity index (χ2v) is 6.04. The highest BCUT2D eigenvalue weighted by atomic mass is 16.2. The van der Waals surface area contributed by atoms with E-state index in [-0.39, 0.29) is 11.7 Å². The molecule has 0 aliphatic carbocycles. The molecule has 23 heavy (non-hydrogen) atoms. The summed E-state index contributed by atoms with van der Waals surface area (Å²) in [6.45, 7) is 7.92. The summed E-state index contributed by atoms with van der Waals surface area (Å²) in [6.07, 6.45) is 0.651. The van der Waals surface area contributed by atoms with E-state index in [1.165, 1.54) is 5.56 Å². The number of carbonyl (C=O) groups is 2. The van der Waals surface area contributed by atoms with Gasteiger partial charge in [0, 0.05) is 24.8 Å². The van der Waals surface area contributed by atoms with E-state index in [0.717, 1.165) is 16.8 Å². The SMILES string of the molecule is CCc1c(C(=O)N(C)Cc2ccc(C)cc2)[nH]c(C)c1C(C)=O. The lowest BCUT2D eigenvalue weighted by atomic mass is 10.0. The molecule has 0 radical (unpaired) electrons. The number of amides is 1. The van der Waals surface area contributed by atoms with Crippen molar-refractivity contribution < 1.29 is 9.59 Å². The third-order valence-electron chi connectivity index (χ3n) is 4.10. The van der Waals surface area contributed by atoms with Gasteiger partial charge in [0.05, 0.1) is 0 Å². The van der Waals surface area contributed by atoms with Gasteiger partial charge in [-0.3, -0.25) is 9.59 Å². The Kier molecular flexibility index (Phi) is 5.04. The van der Waals surface area contributed by atoms with Crippen molar-refractivity contribution in [2.45, 2.75) is 40.7 Å². The van der Waals surface area contributed by atoms with Crippen LogP contribution in [0.5, 0.6) is 0 Å². The lowest BCUT2D eigenvalue weighted by Gasteiger charge is -2.17. The van der Waals surface area contributed by atoms with Gasteiger partial charge in [-0.1, -0.05) is 36.8 Å². The van der Waals surface area contributed by atoms with Gasteiger partial charge in [0.25, 0.3) is 5.91 Å². The van der Waals surface area contributed by atoms with Crippen LogP contribution in [0.1, 0.15) is 57.1 Å². The molecule has 122 valence electrons.